The number of amides is 1. The third-order valence-corrected chi connectivity index (χ3v) is 2.19. The lowest BCUT2D eigenvalue weighted by Crippen LogP contribution is -2.30. The maximum absolute atomic E-state index is 11.6. The third-order valence-electron chi connectivity index (χ3n) is 2.19. The molecule has 0 atom stereocenters. The predicted molar refractivity (Wildman–Crippen MR) is 61.1 cm³/mol. The molecule has 1 amide bonds. The first-order valence-electron chi connectivity index (χ1n) is 5.06. The maximum Gasteiger partial charge on any atom is 0.252 e. The Bertz CT molecular complexity index is 336. The van der Waals surface area contributed by atoms with Gasteiger partial charge in [-0.3, -0.25) is 4.79 Å². The van der Waals surface area contributed by atoms with Gasteiger partial charge in [0.05, 0.1) is 0 Å². The van der Waals surface area contributed by atoms with Gasteiger partial charge < -0.3 is 9.64 Å². The lowest BCUT2D eigenvalue weighted by atomic mass is 10.2. The van der Waals surface area contributed by atoms with Crippen molar-refractivity contribution in [3.8, 4) is 0 Å². The van der Waals surface area contributed by atoms with Crippen LogP contribution >= 0.6 is 0 Å². The summed E-state index contributed by atoms with van der Waals surface area (Å²) in [6, 6.07) is 7.83. The average molecular weight is 207 g/mol. The van der Waals surface area contributed by atoms with Crippen molar-refractivity contribution in [2.45, 2.75) is 13.8 Å². The van der Waals surface area contributed by atoms with E-state index >= 15 is 0 Å². The first-order chi connectivity index (χ1) is 7.15. The van der Waals surface area contributed by atoms with E-state index in [1.165, 1.54) is 0 Å². The molecule has 0 aliphatic rings. The summed E-state index contributed by atoms with van der Waals surface area (Å²) in [6.07, 6.45) is 0. The number of hydrogen-bond acceptors (Lipinski definition) is 2. The number of ether oxygens (including phenoxy) is 1. The molecular formula is C12H17NO2. The topological polar surface area (TPSA) is 29.5 Å². The number of hydrogen-bond donors (Lipinski definition) is 0. The van der Waals surface area contributed by atoms with Crippen LogP contribution in [0.1, 0.15) is 12.5 Å². The molecule has 0 unspecified atom stereocenters. The highest BCUT2D eigenvalue weighted by Crippen LogP contribution is 2.14. The highest BCUT2D eigenvalue weighted by atomic mass is 16.5. The fourth-order valence-corrected chi connectivity index (χ4v) is 1.27. The molecular weight excluding hydrogens is 190 g/mol. The van der Waals surface area contributed by atoms with Crippen LogP contribution in [-0.2, 0) is 9.53 Å². The zero-order valence-electron chi connectivity index (χ0n) is 9.49. The van der Waals surface area contributed by atoms with Crippen molar-refractivity contribution in [2.75, 3.05) is 25.2 Å². The van der Waals surface area contributed by atoms with Crippen LogP contribution < -0.4 is 4.90 Å². The first-order valence-corrected chi connectivity index (χ1v) is 5.06. The number of benzene rings is 1. The molecule has 0 saturated carbocycles. The summed E-state index contributed by atoms with van der Waals surface area (Å²) in [5.74, 6) is -0.0255. The highest BCUT2D eigenvalue weighted by Gasteiger charge is 2.10. The Hall–Kier alpha value is -1.35. The largest absolute Gasteiger partial charge is 0.372 e. The summed E-state index contributed by atoms with van der Waals surface area (Å²) in [6.45, 7) is 4.58. The second-order valence-electron chi connectivity index (χ2n) is 3.43. The van der Waals surface area contributed by atoms with E-state index in [0.29, 0.717) is 6.61 Å². The van der Waals surface area contributed by atoms with E-state index in [1.807, 2.05) is 38.1 Å². The van der Waals surface area contributed by atoms with Crippen molar-refractivity contribution < 1.29 is 9.53 Å². The normalized spacial score (nSPS) is 10.1. The molecule has 1 rings (SSSR count). The number of likely N-dealkylation sites (N-methyl/N-ethyl adjacent to an activating group) is 1. The first kappa shape index (κ1) is 11.7. The van der Waals surface area contributed by atoms with E-state index in [1.54, 1.807) is 11.9 Å². The van der Waals surface area contributed by atoms with E-state index in [-0.39, 0.29) is 12.5 Å². The Morgan fingerprint density at radius 1 is 1.47 bits per heavy atom. The van der Waals surface area contributed by atoms with Gasteiger partial charge in [0.1, 0.15) is 6.61 Å². The van der Waals surface area contributed by atoms with Crippen molar-refractivity contribution in [1.29, 1.82) is 0 Å². The second-order valence-corrected chi connectivity index (χ2v) is 3.43. The highest BCUT2D eigenvalue weighted by molar-refractivity contribution is 5.93. The summed E-state index contributed by atoms with van der Waals surface area (Å²) in [4.78, 5) is 13.2. The fraction of sp³-hybridized carbons (Fsp3) is 0.417. The van der Waals surface area contributed by atoms with E-state index in [2.05, 4.69) is 0 Å². The number of carbonyl (C=O) groups excluding carboxylic acids is 1. The number of anilines is 1. The van der Waals surface area contributed by atoms with Crippen molar-refractivity contribution in [3.05, 3.63) is 29.8 Å². The molecule has 3 heteroatoms. The summed E-state index contributed by atoms with van der Waals surface area (Å²) in [5.41, 5.74) is 2.04. The van der Waals surface area contributed by atoms with Gasteiger partial charge in [-0.2, -0.15) is 0 Å². The Morgan fingerprint density at radius 3 is 2.80 bits per heavy atom. The third kappa shape index (κ3) is 3.36. The minimum absolute atomic E-state index is 0.0255. The van der Waals surface area contributed by atoms with Gasteiger partial charge in [0.25, 0.3) is 5.91 Å². The van der Waals surface area contributed by atoms with Crippen molar-refractivity contribution in [2.24, 2.45) is 0 Å². The van der Waals surface area contributed by atoms with E-state index in [4.69, 9.17) is 4.74 Å². The Balaban J connectivity index is 2.67. The molecule has 0 aromatic heterocycles. The molecule has 0 bridgehead atoms. The standard InChI is InChI=1S/C12H17NO2/c1-4-15-9-12(14)13(3)11-7-5-6-10(2)8-11/h5-8H,4,9H2,1-3H3. The molecule has 0 N–H and O–H groups in total. The van der Waals surface area contributed by atoms with E-state index < -0.39 is 0 Å². The van der Waals surface area contributed by atoms with Crippen LogP contribution in [0.15, 0.2) is 24.3 Å². The van der Waals surface area contributed by atoms with Crippen LogP contribution in [0.3, 0.4) is 0 Å². The molecule has 1 aromatic rings. The van der Waals surface area contributed by atoms with Gasteiger partial charge in [-0.1, -0.05) is 12.1 Å². The van der Waals surface area contributed by atoms with Gasteiger partial charge in [0.15, 0.2) is 0 Å². The van der Waals surface area contributed by atoms with Gasteiger partial charge in [0.2, 0.25) is 0 Å². The fourth-order valence-electron chi connectivity index (χ4n) is 1.27. The summed E-state index contributed by atoms with van der Waals surface area (Å²) in [7, 11) is 1.76. The molecule has 0 spiro atoms. The monoisotopic (exact) mass is 207 g/mol. The predicted octanol–water partition coefficient (Wildman–Crippen LogP) is 1.99. The van der Waals surface area contributed by atoms with E-state index in [0.717, 1.165) is 11.3 Å². The number of aryl methyl sites for hydroxylation is 1. The number of nitrogens with zero attached hydrogens (tertiary/aromatic N) is 1. The van der Waals surface area contributed by atoms with Gasteiger partial charge >= 0.3 is 0 Å². The maximum atomic E-state index is 11.6. The Kier molecular flexibility index (Phi) is 4.31. The van der Waals surface area contributed by atoms with Crippen LogP contribution in [0.4, 0.5) is 5.69 Å². The lowest BCUT2D eigenvalue weighted by molar-refractivity contribution is -0.122. The molecule has 0 radical (unpaired) electrons. The summed E-state index contributed by atoms with van der Waals surface area (Å²) >= 11 is 0. The molecule has 3 nitrogen and oxygen atoms in total. The zero-order chi connectivity index (χ0) is 11.3. The van der Waals surface area contributed by atoms with Gasteiger partial charge in [-0.15, -0.1) is 0 Å². The van der Waals surface area contributed by atoms with Crippen LogP contribution in [0.2, 0.25) is 0 Å². The van der Waals surface area contributed by atoms with Crippen molar-refractivity contribution in [3.63, 3.8) is 0 Å². The molecule has 0 fully saturated rings. The smallest absolute Gasteiger partial charge is 0.252 e. The van der Waals surface area contributed by atoms with Crippen LogP contribution in [0.25, 0.3) is 0 Å². The molecule has 0 aliphatic carbocycles. The summed E-state index contributed by atoms with van der Waals surface area (Å²) < 4.78 is 5.08. The summed E-state index contributed by atoms with van der Waals surface area (Å²) in [5, 5.41) is 0. The minimum atomic E-state index is -0.0255. The minimum Gasteiger partial charge on any atom is -0.372 e. The molecule has 0 aliphatic heterocycles. The number of rotatable bonds is 4. The van der Waals surface area contributed by atoms with Crippen molar-refractivity contribution >= 4 is 11.6 Å². The quantitative estimate of drug-likeness (QED) is 0.755. The molecule has 0 heterocycles. The Labute approximate surface area is 90.7 Å². The van der Waals surface area contributed by atoms with E-state index in [9.17, 15) is 4.79 Å². The van der Waals surface area contributed by atoms with Gasteiger partial charge in [0, 0.05) is 19.3 Å². The molecule has 1 aromatic carbocycles. The lowest BCUT2D eigenvalue weighted by Gasteiger charge is -2.17. The molecule has 0 saturated heterocycles. The van der Waals surface area contributed by atoms with Gasteiger partial charge in [-0.25, -0.2) is 0 Å². The SMILES string of the molecule is CCOCC(=O)N(C)c1cccc(C)c1. The zero-order valence-corrected chi connectivity index (χ0v) is 9.49. The van der Waals surface area contributed by atoms with Crippen LogP contribution in [0.5, 0.6) is 0 Å². The molecule has 82 valence electrons. The second kappa shape index (κ2) is 5.51. The van der Waals surface area contributed by atoms with Crippen LogP contribution in [0, 0.1) is 6.92 Å². The average Bonchev–Trinajstić information content (AvgIpc) is 2.24. The van der Waals surface area contributed by atoms with Gasteiger partial charge in [-0.05, 0) is 31.5 Å². The Morgan fingerprint density at radius 2 is 2.20 bits per heavy atom. The van der Waals surface area contributed by atoms with Crippen molar-refractivity contribution in [1.82, 2.24) is 0 Å². The number of carbonyl (C=O) groups is 1. The van der Waals surface area contributed by atoms with Crippen LogP contribution in [-0.4, -0.2) is 26.2 Å². The molecule has 15 heavy (non-hydrogen) atoms.